The van der Waals surface area contributed by atoms with E-state index in [4.69, 9.17) is 0 Å². The maximum absolute atomic E-state index is 12.0. The topological polar surface area (TPSA) is 57.6 Å². The average molecular weight is 259 g/mol. The Hall–Kier alpha value is -1.84. The Morgan fingerprint density at radius 1 is 1.32 bits per heavy atom. The Labute approximate surface area is 112 Å². The highest BCUT2D eigenvalue weighted by atomic mass is 16.4. The predicted octanol–water partition coefficient (Wildman–Crippen LogP) is 2.19. The van der Waals surface area contributed by atoms with Gasteiger partial charge in [0.2, 0.25) is 0 Å². The molecule has 0 radical (unpaired) electrons. The molecule has 1 heterocycles. The van der Waals surface area contributed by atoms with Gasteiger partial charge in [0.1, 0.15) is 5.78 Å². The molecule has 1 unspecified atom stereocenters. The van der Waals surface area contributed by atoms with Crippen molar-refractivity contribution in [3.05, 3.63) is 35.9 Å². The van der Waals surface area contributed by atoms with Crippen molar-refractivity contribution < 1.29 is 14.7 Å². The van der Waals surface area contributed by atoms with Gasteiger partial charge in [0.25, 0.3) is 0 Å². The summed E-state index contributed by atoms with van der Waals surface area (Å²) in [4.78, 5) is 24.8. The molecule has 19 heavy (non-hydrogen) atoms. The van der Waals surface area contributed by atoms with E-state index in [1.54, 1.807) is 0 Å². The maximum Gasteiger partial charge on any atom is 0.407 e. The predicted molar refractivity (Wildman–Crippen MR) is 69.9 cm³/mol. The molecule has 1 aromatic carbocycles. The maximum atomic E-state index is 12.0. The third-order valence-electron chi connectivity index (χ3n) is 4.42. The van der Waals surface area contributed by atoms with Crippen LogP contribution in [0.15, 0.2) is 30.3 Å². The van der Waals surface area contributed by atoms with Crippen molar-refractivity contribution in [2.75, 3.05) is 6.54 Å². The second-order valence-corrected chi connectivity index (χ2v) is 5.48. The molecule has 1 aliphatic carbocycles. The van der Waals surface area contributed by atoms with Gasteiger partial charge in [0.15, 0.2) is 0 Å². The second kappa shape index (κ2) is 4.68. The van der Waals surface area contributed by atoms with Crippen molar-refractivity contribution >= 4 is 11.9 Å². The fourth-order valence-corrected chi connectivity index (χ4v) is 3.56. The number of hydrogen-bond acceptors (Lipinski definition) is 2. The van der Waals surface area contributed by atoms with E-state index in [1.807, 2.05) is 30.3 Å². The summed E-state index contributed by atoms with van der Waals surface area (Å²) in [6.45, 7) is 0.517. The molecule has 1 amide bonds. The van der Waals surface area contributed by atoms with Crippen molar-refractivity contribution in [3.8, 4) is 0 Å². The lowest BCUT2D eigenvalue weighted by molar-refractivity contribution is -0.121. The molecule has 3 atom stereocenters. The minimum absolute atomic E-state index is 0.0868. The van der Waals surface area contributed by atoms with Crippen LogP contribution >= 0.6 is 0 Å². The van der Waals surface area contributed by atoms with Gasteiger partial charge in [-0.15, -0.1) is 0 Å². The van der Waals surface area contributed by atoms with E-state index in [9.17, 15) is 14.7 Å². The summed E-state index contributed by atoms with van der Waals surface area (Å²) < 4.78 is 0. The second-order valence-electron chi connectivity index (χ2n) is 5.48. The van der Waals surface area contributed by atoms with E-state index in [1.165, 1.54) is 4.90 Å². The number of hydrogen-bond donors (Lipinski definition) is 1. The van der Waals surface area contributed by atoms with Gasteiger partial charge in [0.05, 0.1) is 0 Å². The first-order valence-corrected chi connectivity index (χ1v) is 6.73. The molecule has 1 N–H and O–H groups in total. The van der Waals surface area contributed by atoms with Crippen molar-refractivity contribution in [2.24, 2.45) is 11.8 Å². The summed E-state index contributed by atoms with van der Waals surface area (Å²) in [6, 6.07) is 9.64. The Morgan fingerprint density at radius 2 is 2.05 bits per heavy atom. The Kier molecular flexibility index (Phi) is 3.01. The summed E-state index contributed by atoms with van der Waals surface area (Å²) in [5.41, 5.74) is 1.10. The minimum atomic E-state index is -0.900. The highest BCUT2D eigenvalue weighted by Crippen LogP contribution is 2.41. The molecule has 3 rings (SSSR count). The van der Waals surface area contributed by atoms with E-state index in [0.29, 0.717) is 19.4 Å². The molecule has 1 saturated carbocycles. The lowest BCUT2D eigenvalue weighted by atomic mass is 9.89. The summed E-state index contributed by atoms with van der Waals surface area (Å²) in [6.07, 6.45) is 1.20. The molecule has 4 heteroatoms. The van der Waals surface area contributed by atoms with Gasteiger partial charge < -0.3 is 10.0 Å². The highest BCUT2D eigenvalue weighted by molar-refractivity contribution is 5.85. The smallest absolute Gasteiger partial charge is 0.407 e. The third kappa shape index (κ3) is 2.11. The molecule has 0 bridgehead atoms. The summed E-state index contributed by atoms with van der Waals surface area (Å²) in [7, 11) is 0. The first kappa shape index (κ1) is 12.2. The highest BCUT2D eigenvalue weighted by Gasteiger charge is 2.50. The van der Waals surface area contributed by atoms with Crippen LogP contribution in [-0.2, 0) is 11.2 Å². The molecule has 100 valence electrons. The van der Waals surface area contributed by atoms with Gasteiger partial charge in [-0.3, -0.25) is 4.79 Å². The average Bonchev–Trinajstić information content (AvgIpc) is 2.93. The number of likely N-dealkylation sites (tertiary alicyclic amines) is 1. The zero-order valence-electron chi connectivity index (χ0n) is 10.7. The van der Waals surface area contributed by atoms with Crippen LogP contribution in [0, 0.1) is 11.8 Å². The summed E-state index contributed by atoms with van der Waals surface area (Å²) in [5, 5.41) is 9.32. The number of rotatable bonds is 2. The van der Waals surface area contributed by atoms with Crippen LogP contribution in [0.4, 0.5) is 4.79 Å². The molecular formula is C15H17NO3. The number of carbonyl (C=O) groups is 2. The Balaban J connectivity index is 1.86. The number of nitrogens with zero attached hydrogens (tertiary/aromatic N) is 1. The van der Waals surface area contributed by atoms with Crippen LogP contribution in [0.25, 0.3) is 0 Å². The summed E-state index contributed by atoms with van der Waals surface area (Å²) >= 11 is 0. The molecule has 2 fully saturated rings. The van der Waals surface area contributed by atoms with Crippen LogP contribution in [0.5, 0.6) is 0 Å². The van der Waals surface area contributed by atoms with Crippen molar-refractivity contribution in [1.29, 1.82) is 0 Å². The van der Waals surface area contributed by atoms with Crippen LogP contribution in [0.1, 0.15) is 18.4 Å². The van der Waals surface area contributed by atoms with Gasteiger partial charge in [-0.05, 0) is 24.3 Å². The molecule has 1 aromatic rings. The standard InChI is InChI=1S/C15H17NO3/c17-13-7-6-11-9-16(15(18)19)12(14(11)13)8-10-4-2-1-3-5-10/h1-5,11-12,14H,6-9H2,(H,18,19)/t11-,12?,14-/m0/s1. The minimum Gasteiger partial charge on any atom is -0.465 e. The number of carboxylic acid groups (broad SMARTS) is 1. The normalized spacial score (nSPS) is 29.6. The van der Waals surface area contributed by atoms with Crippen molar-refractivity contribution in [3.63, 3.8) is 0 Å². The fourth-order valence-electron chi connectivity index (χ4n) is 3.56. The number of carbonyl (C=O) groups excluding carboxylic acids is 1. The van der Waals surface area contributed by atoms with Gasteiger partial charge in [-0.25, -0.2) is 4.79 Å². The van der Waals surface area contributed by atoms with Gasteiger partial charge in [-0.1, -0.05) is 30.3 Å². The molecule has 0 spiro atoms. The Bertz CT molecular complexity index is 499. The van der Waals surface area contributed by atoms with E-state index in [2.05, 4.69) is 0 Å². The molecule has 1 aliphatic heterocycles. The SMILES string of the molecule is O=C1CC[C@H]2CN(C(=O)O)C(Cc3ccccc3)[C@@H]12. The van der Waals surface area contributed by atoms with E-state index in [0.717, 1.165) is 12.0 Å². The molecule has 1 saturated heterocycles. The van der Waals surface area contributed by atoms with Gasteiger partial charge in [-0.2, -0.15) is 0 Å². The lowest BCUT2D eigenvalue weighted by Crippen LogP contribution is -2.40. The number of ketones is 1. The number of benzene rings is 1. The largest absolute Gasteiger partial charge is 0.465 e. The number of Topliss-reactive ketones (excluding diaryl/α,β-unsaturated/α-hetero) is 1. The number of fused-ring (bicyclic) bond motifs is 1. The molecule has 2 aliphatic rings. The van der Waals surface area contributed by atoms with E-state index < -0.39 is 6.09 Å². The fraction of sp³-hybridized carbons (Fsp3) is 0.467. The zero-order chi connectivity index (χ0) is 13.4. The zero-order valence-corrected chi connectivity index (χ0v) is 10.7. The molecular weight excluding hydrogens is 242 g/mol. The van der Waals surface area contributed by atoms with Crippen molar-refractivity contribution in [2.45, 2.75) is 25.3 Å². The first-order valence-electron chi connectivity index (χ1n) is 6.73. The van der Waals surface area contributed by atoms with E-state index in [-0.39, 0.29) is 23.7 Å². The quantitative estimate of drug-likeness (QED) is 0.885. The molecule has 4 nitrogen and oxygen atoms in total. The van der Waals surface area contributed by atoms with E-state index >= 15 is 0 Å². The van der Waals surface area contributed by atoms with Crippen LogP contribution < -0.4 is 0 Å². The first-order chi connectivity index (χ1) is 9.16. The van der Waals surface area contributed by atoms with Gasteiger partial charge in [0, 0.05) is 24.9 Å². The third-order valence-corrected chi connectivity index (χ3v) is 4.42. The van der Waals surface area contributed by atoms with Crippen LogP contribution in [0.3, 0.4) is 0 Å². The van der Waals surface area contributed by atoms with Crippen LogP contribution in [0.2, 0.25) is 0 Å². The van der Waals surface area contributed by atoms with Gasteiger partial charge >= 0.3 is 6.09 Å². The van der Waals surface area contributed by atoms with Crippen molar-refractivity contribution in [1.82, 2.24) is 4.90 Å². The number of amides is 1. The van der Waals surface area contributed by atoms with Crippen LogP contribution in [-0.4, -0.2) is 34.5 Å². The monoisotopic (exact) mass is 259 g/mol. The summed E-state index contributed by atoms with van der Waals surface area (Å²) in [5.74, 6) is 0.392. The Morgan fingerprint density at radius 3 is 2.74 bits per heavy atom. The molecule has 0 aromatic heterocycles. The lowest BCUT2D eigenvalue weighted by Gasteiger charge is -2.25.